The van der Waals surface area contributed by atoms with Crippen LogP contribution in [0.25, 0.3) is 0 Å². The summed E-state index contributed by atoms with van der Waals surface area (Å²) in [6, 6.07) is 0.312. The number of rotatable bonds is 5. The average molecular weight is 258 g/mol. The Hall–Kier alpha value is -0.810. The number of amides is 1. The van der Waals surface area contributed by atoms with Crippen molar-refractivity contribution in [3.8, 4) is 0 Å². The van der Waals surface area contributed by atoms with Gasteiger partial charge in [-0.2, -0.15) is 0 Å². The van der Waals surface area contributed by atoms with E-state index in [0.717, 1.165) is 32.4 Å². The van der Waals surface area contributed by atoms with E-state index in [0.29, 0.717) is 12.6 Å². The summed E-state index contributed by atoms with van der Waals surface area (Å²) in [5.74, 6) is 0. The van der Waals surface area contributed by atoms with Crippen LogP contribution in [0.15, 0.2) is 0 Å². The molecule has 0 unspecified atom stereocenters. The molecule has 1 atom stereocenters. The van der Waals surface area contributed by atoms with Crippen molar-refractivity contribution < 1.29 is 14.6 Å². The Bertz CT molecular complexity index is 263. The molecular weight excluding hydrogens is 232 g/mol. The Morgan fingerprint density at radius 2 is 2.22 bits per heavy atom. The van der Waals surface area contributed by atoms with Gasteiger partial charge in [0.15, 0.2) is 0 Å². The lowest BCUT2D eigenvalue weighted by atomic mass is 10.2. The molecule has 0 radical (unpaired) electrons. The smallest absolute Gasteiger partial charge is 0.407 e. The van der Waals surface area contributed by atoms with Crippen molar-refractivity contribution in [1.82, 2.24) is 10.2 Å². The Morgan fingerprint density at radius 3 is 2.83 bits per heavy atom. The van der Waals surface area contributed by atoms with Crippen LogP contribution in [0.5, 0.6) is 0 Å². The van der Waals surface area contributed by atoms with Crippen LogP contribution in [-0.2, 0) is 4.74 Å². The fourth-order valence-electron chi connectivity index (χ4n) is 2.18. The van der Waals surface area contributed by atoms with Gasteiger partial charge >= 0.3 is 6.09 Å². The molecular formula is C13H26N2O3. The van der Waals surface area contributed by atoms with Crippen molar-refractivity contribution >= 4 is 6.09 Å². The summed E-state index contributed by atoms with van der Waals surface area (Å²) in [5, 5.41) is 11.9. The third-order valence-corrected chi connectivity index (χ3v) is 3.00. The van der Waals surface area contributed by atoms with Gasteiger partial charge in [-0.1, -0.05) is 0 Å². The van der Waals surface area contributed by atoms with Crippen molar-refractivity contribution in [2.75, 3.05) is 26.2 Å². The first-order valence-corrected chi connectivity index (χ1v) is 6.74. The van der Waals surface area contributed by atoms with Crippen LogP contribution in [0.3, 0.4) is 0 Å². The van der Waals surface area contributed by atoms with E-state index in [1.807, 2.05) is 20.8 Å². The highest BCUT2D eigenvalue weighted by molar-refractivity contribution is 5.67. The minimum Gasteiger partial charge on any atom is -0.444 e. The largest absolute Gasteiger partial charge is 0.444 e. The van der Waals surface area contributed by atoms with Crippen molar-refractivity contribution in [1.29, 1.82) is 0 Å². The van der Waals surface area contributed by atoms with Crippen molar-refractivity contribution in [3.63, 3.8) is 0 Å². The zero-order chi connectivity index (χ0) is 13.6. The second-order valence-corrected chi connectivity index (χ2v) is 5.80. The Balaban J connectivity index is 2.10. The molecule has 0 aliphatic carbocycles. The van der Waals surface area contributed by atoms with Crippen molar-refractivity contribution in [2.45, 2.75) is 51.7 Å². The number of ether oxygens (including phenoxy) is 1. The number of likely N-dealkylation sites (tertiary alicyclic amines) is 1. The van der Waals surface area contributed by atoms with Crippen LogP contribution < -0.4 is 5.32 Å². The quantitative estimate of drug-likeness (QED) is 0.731. The maximum atomic E-state index is 11.4. The van der Waals surface area contributed by atoms with Crippen LogP contribution in [0, 0.1) is 0 Å². The summed E-state index contributed by atoms with van der Waals surface area (Å²) >= 11 is 0. The van der Waals surface area contributed by atoms with Crippen LogP contribution in [-0.4, -0.2) is 54.0 Å². The molecule has 0 saturated carbocycles. The molecule has 1 amide bonds. The topological polar surface area (TPSA) is 61.8 Å². The predicted molar refractivity (Wildman–Crippen MR) is 70.5 cm³/mol. The first-order valence-electron chi connectivity index (χ1n) is 6.74. The second-order valence-electron chi connectivity index (χ2n) is 5.80. The third-order valence-electron chi connectivity index (χ3n) is 3.00. The minimum absolute atomic E-state index is 0.236. The SMILES string of the molecule is CC(C)(C)OC(=O)NCCCN1CCC[C@@H]1CO. The van der Waals surface area contributed by atoms with Crippen LogP contribution in [0.4, 0.5) is 4.79 Å². The number of nitrogens with one attached hydrogen (secondary N) is 1. The number of carbonyl (C=O) groups excluding carboxylic acids is 1. The van der Waals surface area contributed by atoms with Crippen molar-refractivity contribution in [2.24, 2.45) is 0 Å². The van der Waals surface area contributed by atoms with E-state index >= 15 is 0 Å². The molecule has 1 aliphatic heterocycles. The van der Waals surface area contributed by atoms with Crippen molar-refractivity contribution in [3.05, 3.63) is 0 Å². The highest BCUT2D eigenvalue weighted by atomic mass is 16.6. The normalized spacial score (nSPS) is 21.0. The number of nitrogens with zero attached hydrogens (tertiary/aromatic N) is 1. The molecule has 0 aromatic rings. The monoisotopic (exact) mass is 258 g/mol. The van der Waals surface area contributed by atoms with E-state index in [1.54, 1.807) is 0 Å². The number of aliphatic hydroxyl groups excluding tert-OH is 1. The molecule has 18 heavy (non-hydrogen) atoms. The Morgan fingerprint density at radius 1 is 1.50 bits per heavy atom. The van der Waals surface area contributed by atoms with E-state index in [4.69, 9.17) is 4.74 Å². The zero-order valence-electron chi connectivity index (χ0n) is 11.7. The van der Waals surface area contributed by atoms with Gasteiger partial charge in [0.25, 0.3) is 0 Å². The zero-order valence-corrected chi connectivity index (χ0v) is 11.7. The van der Waals surface area contributed by atoms with Crippen LogP contribution in [0.2, 0.25) is 0 Å². The summed E-state index contributed by atoms with van der Waals surface area (Å²) in [6.07, 6.45) is 2.76. The summed E-state index contributed by atoms with van der Waals surface area (Å²) < 4.78 is 5.15. The number of aliphatic hydroxyl groups is 1. The predicted octanol–water partition coefficient (Wildman–Crippen LogP) is 1.36. The molecule has 2 N–H and O–H groups in total. The van der Waals surface area contributed by atoms with Gasteiger partial charge in [-0.25, -0.2) is 4.79 Å². The maximum absolute atomic E-state index is 11.4. The van der Waals surface area contributed by atoms with Gasteiger partial charge in [0.05, 0.1) is 6.61 Å². The van der Waals surface area contributed by atoms with E-state index in [1.165, 1.54) is 0 Å². The van der Waals surface area contributed by atoms with Gasteiger partial charge in [-0.05, 0) is 46.6 Å². The molecule has 1 fully saturated rings. The molecule has 5 heteroatoms. The second kappa shape index (κ2) is 6.95. The standard InChI is InChI=1S/C13H26N2O3/c1-13(2,3)18-12(17)14-7-5-9-15-8-4-6-11(15)10-16/h11,16H,4-10H2,1-3H3,(H,14,17)/t11-/m1/s1. The molecule has 0 aromatic carbocycles. The lowest BCUT2D eigenvalue weighted by Gasteiger charge is -2.23. The first kappa shape index (κ1) is 15.2. The fraction of sp³-hybridized carbons (Fsp3) is 0.923. The lowest BCUT2D eigenvalue weighted by Crippen LogP contribution is -2.36. The number of hydrogen-bond acceptors (Lipinski definition) is 4. The summed E-state index contributed by atoms with van der Waals surface area (Å²) in [7, 11) is 0. The maximum Gasteiger partial charge on any atom is 0.407 e. The number of carbonyl (C=O) groups is 1. The Kier molecular flexibility index (Phi) is 5.88. The molecule has 5 nitrogen and oxygen atoms in total. The van der Waals surface area contributed by atoms with Gasteiger partial charge in [0, 0.05) is 19.1 Å². The number of alkyl carbamates (subject to hydrolysis) is 1. The van der Waals surface area contributed by atoms with Crippen LogP contribution >= 0.6 is 0 Å². The minimum atomic E-state index is -0.443. The molecule has 106 valence electrons. The molecule has 0 aromatic heterocycles. The molecule has 1 heterocycles. The molecule has 0 bridgehead atoms. The highest BCUT2D eigenvalue weighted by Gasteiger charge is 2.22. The average Bonchev–Trinajstić information content (AvgIpc) is 2.69. The van der Waals surface area contributed by atoms with Crippen LogP contribution in [0.1, 0.15) is 40.0 Å². The van der Waals surface area contributed by atoms with Gasteiger partial charge in [0.2, 0.25) is 0 Å². The highest BCUT2D eigenvalue weighted by Crippen LogP contribution is 2.16. The molecule has 1 rings (SSSR count). The van der Waals surface area contributed by atoms with Gasteiger partial charge in [-0.15, -0.1) is 0 Å². The van der Waals surface area contributed by atoms with Gasteiger partial charge < -0.3 is 15.2 Å². The van der Waals surface area contributed by atoms with E-state index in [-0.39, 0.29) is 12.7 Å². The van der Waals surface area contributed by atoms with E-state index in [2.05, 4.69) is 10.2 Å². The summed E-state index contributed by atoms with van der Waals surface area (Å²) in [4.78, 5) is 13.7. The first-order chi connectivity index (χ1) is 8.42. The molecule has 0 spiro atoms. The molecule has 1 aliphatic rings. The van der Waals surface area contributed by atoms with Gasteiger partial charge in [-0.3, -0.25) is 4.90 Å². The third kappa shape index (κ3) is 5.69. The lowest BCUT2D eigenvalue weighted by molar-refractivity contribution is 0.0524. The van der Waals surface area contributed by atoms with Gasteiger partial charge in [0.1, 0.15) is 5.60 Å². The fourth-order valence-corrected chi connectivity index (χ4v) is 2.18. The summed E-state index contributed by atoms with van der Waals surface area (Å²) in [6.45, 7) is 8.37. The summed E-state index contributed by atoms with van der Waals surface area (Å²) in [5.41, 5.74) is -0.443. The van der Waals surface area contributed by atoms with E-state index < -0.39 is 5.60 Å². The Labute approximate surface area is 109 Å². The van der Waals surface area contributed by atoms with E-state index in [9.17, 15) is 9.90 Å². The molecule has 1 saturated heterocycles. The number of hydrogen-bond donors (Lipinski definition) is 2.